The normalized spacial score (nSPS) is 11.8. The highest BCUT2D eigenvalue weighted by Crippen LogP contribution is 2.15. The third-order valence-corrected chi connectivity index (χ3v) is 5.49. The fourth-order valence-electron chi connectivity index (χ4n) is 3.71. The maximum absolute atomic E-state index is 8.77. The summed E-state index contributed by atoms with van der Waals surface area (Å²) in [4.78, 5) is 0. The highest BCUT2D eigenvalue weighted by atomic mass is 16.5. The first kappa shape index (κ1) is 25.9. The van der Waals surface area contributed by atoms with E-state index in [9.17, 15) is 0 Å². The van der Waals surface area contributed by atoms with Gasteiger partial charge in [0.05, 0.1) is 0 Å². The Bertz CT molecular complexity index is 225. The second kappa shape index (κ2) is 21.2. The van der Waals surface area contributed by atoms with Crippen LogP contribution in [0.1, 0.15) is 142 Å². The van der Waals surface area contributed by atoms with Gasteiger partial charge in [0, 0.05) is 0 Å². The van der Waals surface area contributed by atoms with E-state index in [1.807, 2.05) is 0 Å². The molecule has 2 nitrogen and oxygen atoms in total. The molecular weight excluding hydrogens is 320 g/mol. The van der Waals surface area contributed by atoms with Crippen molar-refractivity contribution in [3.8, 4) is 0 Å². The van der Waals surface area contributed by atoms with Crippen LogP contribution in [0.3, 0.4) is 0 Å². The molecule has 0 rings (SSSR count). The van der Waals surface area contributed by atoms with Crippen LogP contribution < -0.4 is 0 Å². The zero-order valence-electron chi connectivity index (χ0n) is 18.2. The van der Waals surface area contributed by atoms with E-state index >= 15 is 0 Å². The molecule has 2 heteroatoms. The molecule has 0 aliphatic heterocycles. The van der Waals surface area contributed by atoms with Gasteiger partial charge in [0.15, 0.2) is 6.29 Å². The summed E-state index contributed by atoms with van der Waals surface area (Å²) in [5.74, 6) is 0.883. The van der Waals surface area contributed by atoms with Crippen molar-refractivity contribution in [1.29, 1.82) is 0 Å². The number of aliphatic hydroxyl groups excluding tert-OH is 1. The molecule has 0 fully saturated rings. The molecule has 0 aliphatic rings. The van der Waals surface area contributed by atoms with Gasteiger partial charge in [-0.2, -0.15) is 0 Å². The zero-order chi connectivity index (χ0) is 19.3. The molecule has 0 amide bonds. The van der Waals surface area contributed by atoms with Crippen LogP contribution in [0.2, 0.25) is 0 Å². The van der Waals surface area contributed by atoms with Gasteiger partial charge in [0.1, 0.15) is 0 Å². The molecule has 0 aromatic carbocycles. The van der Waals surface area contributed by atoms with Gasteiger partial charge < -0.3 is 10.2 Å². The molecule has 0 aromatic heterocycles. The van der Waals surface area contributed by atoms with Crippen LogP contribution in [-0.2, 0) is 0 Å². The van der Waals surface area contributed by atoms with Gasteiger partial charge >= 0.3 is 0 Å². The van der Waals surface area contributed by atoms with Gasteiger partial charge in [-0.1, -0.05) is 129 Å². The Kier molecular flexibility index (Phi) is 21.2. The minimum Gasteiger partial charge on any atom is -0.368 e. The summed E-state index contributed by atoms with van der Waals surface area (Å²) in [6.45, 7) is 4.66. The standard InChI is InChI=1S/C24H50O2/c1-23(2)21-19-17-15-13-11-9-7-5-3-4-6-8-10-12-14-16-18-20-22-24(25)26/h23-26H,3-22H2,1-2H3. The molecule has 0 atom stereocenters. The molecule has 0 aliphatic carbocycles. The minimum atomic E-state index is -1.10. The molecule has 2 N–H and O–H groups in total. The topological polar surface area (TPSA) is 40.5 Å². The third-order valence-electron chi connectivity index (χ3n) is 5.49. The number of rotatable bonds is 21. The summed E-state index contributed by atoms with van der Waals surface area (Å²) < 4.78 is 0. The number of hydrogen-bond acceptors (Lipinski definition) is 2. The zero-order valence-corrected chi connectivity index (χ0v) is 18.2. The average molecular weight is 371 g/mol. The lowest BCUT2D eigenvalue weighted by Crippen LogP contribution is -2.02. The predicted molar refractivity (Wildman–Crippen MR) is 115 cm³/mol. The lowest BCUT2D eigenvalue weighted by atomic mass is 10.0. The molecule has 0 heterocycles. The summed E-state index contributed by atoms with van der Waals surface area (Å²) in [6.07, 6.45) is 25.6. The predicted octanol–water partition coefficient (Wildman–Crippen LogP) is 7.76. The summed E-state index contributed by atoms with van der Waals surface area (Å²) >= 11 is 0. The summed E-state index contributed by atoms with van der Waals surface area (Å²) in [6, 6.07) is 0. The maximum atomic E-state index is 8.77. The molecule has 158 valence electrons. The monoisotopic (exact) mass is 370 g/mol. The number of unbranched alkanes of at least 4 members (excludes halogenated alkanes) is 17. The van der Waals surface area contributed by atoms with Crippen molar-refractivity contribution in [2.45, 2.75) is 149 Å². The SMILES string of the molecule is CC(C)CCCCCCCCCCCCCCCCCCCCC(O)O. The fourth-order valence-corrected chi connectivity index (χ4v) is 3.71. The summed E-state index contributed by atoms with van der Waals surface area (Å²) in [5, 5.41) is 17.5. The van der Waals surface area contributed by atoms with E-state index in [0.717, 1.165) is 18.8 Å². The summed E-state index contributed by atoms with van der Waals surface area (Å²) in [7, 11) is 0. The minimum absolute atomic E-state index is 0.540. The molecule has 0 saturated carbocycles. The van der Waals surface area contributed by atoms with Gasteiger partial charge in [-0.05, 0) is 18.8 Å². The Morgan fingerprint density at radius 3 is 0.846 bits per heavy atom. The van der Waals surface area contributed by atoms with Gasteiger partial charge in [-0.3, -0.25) is 0 Å². The molecule has 0 radical (unpaired) electrons. The van der Waals surface area contributed by atoms with E-state index < -0.39 is 6.29 Å². The Morgan fingerprint density at radius 1 is 0.385 bits per heavy atom. The first-order valence-corrected chi connectivity index (χ1v) is 12.0. The van der Waals surface area contributed by atoms with E-state index in [0.29, 0.717) is 6.42 Å². The smallest absolute Gasteiger partial charge is 0.151 e. The average Bonchev–Trinajstić information content (AvgIpc) is 2.59. The Labute approximate surface area is 165 Å². The summed E-state index contributed by atoms with van der Waals surface area (Å²) in [5.41, 5.74) is 0. The van der Waals surface area contributed by atoms with Crippen LogP contribution >= 0.6 is 0 Å². The maximum Gasteiger partial charge on any atom is 0.151 e. The Hall–Kier alpha value is -0.0800. The lowest BCUT2D eigenvalue weighted by Gasteiger charge is -2.05. The van der Waals surface area contributed by atoms with E-state index in [2.05, 4.69) is 13.8 Å². The molecule has 0 saturated heterocycles. The Balaban J connectivity index is 2.99. The highest BCUT2D eigenvalue weighted by molar-refractivity contribution is 4.52. The van der Waals surface area contributed by atoms with Crippen LogP contribution in [0.15, 0.2) is 0 Å². The molecule has 0 spiro atoms. The Morgan fingerprint density at radius 2 is 0.615 bits per heavy atom. The van der Waals surface area contributed by atoms with E-state index in [4.69, 9.17) is 10.2 Å². The number of aliphatic hydroxyl groups is 2. The first-order chi connectivity index (χ1) is 12.6. The second-order valence-electron chi connectivity index (χ2n) is 8.82. The molecular formula is C24H50O2. The van der Waals surface area contributed by atoms with Crippen molar-refractivity contribution in [3.05, 3.63) is 0 Å². The highest BCUT2D eigenvalue weighted by Gasteiger charge is 1.98. The van der Waals surface area contributed by atoms with E-state index in [1.54, 1.807) is 0 Å². The van der Waals surface area contributed by atoms with E-state index in [1.165, 1.54) is 109 Å². The molecule has 0 unspecified atom stereocenters. The van der Waals surface area contributed by atoms with Crippen molar-refractivity contribution >= 4 is 0 Å². The fraction of sp³-hybridized carbons (Fsp3) is 1.00. The molecule has 0 bridgehead atoms. The molecule has 0 aromatic rings. The van der Waals surface area contributed by atoms with Crippen molar-refractivity contribution < 1.29 is 10.2 Å². The van der Waals surface area contributed by atoms with Crippen LogP contribution in [0.5, 0.6) is 0 Å². The van der Waals surface area contributed by atoms with Gasteiger partial charge in [-0.25, -0.2) is 0 Å². The largest absolute Gasteiger partial charge is 0.368 e. The van der Waals surface area contributed by atoms with Crippen LogP contribution in [0.25, 0.3) is 0 Å². The third kappa shape index (κ3) is 23.9. The van der Waals surface area contributed by atoms with Gasteiger partial charge in [0.25, 0.3) is 0 Å². The van der Waals surface area contributed by atoms with Crippen molar-refractivity contribution in [3.63, 3.8) is 0 Å². The van der Waals surface area contributed by atoms with Crippen LogP contribution in [0, 0.1) is 5.92 Å². The number of hydrogen-bond donors (Lipinski definition) is 2. The van der Waals surface area contributed by atoms with Crippen molar-refractivity contribution in [2.75, 3.05) is 0 Å². The second-order valence-corrected chi connectivity index (χ2v) is 8.82. The quantitative estimate of drug-likeness (QED) is 0.160. The first-order valence-electron chi connectivity index (χ1n) is 12.0. The van der Waals surface area contributed by atoms with Crippen LogP contribution in [-0.4, -0.2) is 16.5 Å². The lowest BCUT2D eigenvalue weighted by molar-refractivity contribution is -0.0466. The van der Waals surface area contributed by atoms with Crippen molar-refractivity contribution in [2.24, 2.45) is 5.92 Å². The molecule has 26 heavy (non-hydrogen) atoms. The van der Waals surface area contributed by atoms with Gasteiger partial charge in [-0.15, -0.1) is 0 Å². The van der Waals surface area contributed by atoms with E-state index in [-0.39, 0.29) is 0 Å². The van der Waals surface area contributed by atoms with Crippen molar-refractivity contribution in [1.82, 2.24) is 0 Å². The van der Waals surface area contributed by atoms with Crippen LogP contribution in [0.4, 0.5) is 0 Å². The van der Waals surface area contributed by atoms with Gasteiger partial charge in [0.2, 0.25) is 0 Å².